The fraction of sp³-hybridized carbons (Fsp3) is 0.0588. The van der Waals surface area contributed by atoms with Crippen LogP contribution in [-0.4, -0.2) is 23.4 Å². The molecule has 116 valence electrons. The van der Waals surface area contributed by atoms with Crippen LogP contribution in [0.25, 0.3) is 11.3 Å². The van der Waals surface area contributed by atoms with E-state index in [1.54, 1.807) is 24.4 Å². The lowest BCUT2D eigenvalue weighted by Crippen LogP contribution is -1.91. The summed E-state index contributed by atoms with van der Waals surface area (Å²) >= 11 is 1.49. The van der Waals surface area contributed by atoms with Gasteiger partial charge in [-0.3, -0.25) is 5.43 Å². The normalized spacial score (nSPS) is 10.8. The number of phenolic OH excluding ortho intramolecular Hbond substituents is 1. The number of thiazole rings is 1. The zero-order chi connectivity index (χ0) is 16.1. The second-order valence-electron chi connectivity index (χ2n) is 4.71. The maximum Gasteiger partial charge on any atom is 0.203 e. The Bertz CT molecular complexity index is 816. The van der Waals surface area contributed by atoms with Crippen LogP contribution < -0.4 is 10.2 Å². The van der Waals surface area contributed by atoms with Crippen LogP contribution in [0.1, 0.15) is 5.56 Å². The van der Waals surface area contributed by atoms with Crippen molar-refractivity contribution in [2.24, 2.45) is 5.10 Å². The van der Waals surface area contributed by atoms with Gasteiger partial charge in [-0.25, -0.2) is 4.98 Å². The van der Waals surface area contributed by atoms with Crippen molar-refractivity contribution in [1.82, 2.24) is 4.98 Å². The number of hydrazone groups is 1. The van der Waals surface area contributed by atoms with Crippen LogP contribution in [-0.2, 0) is 0 Å². The zero-order valence-corrected chi connectivity index (χ0v) is 13.2. The number of phenols is 1. The highest BCUT2D eigenvalue weighted by atomic mass is 32.1. The molecule has 0 saturated carbocycles. The topological polar surface area (TPSA) is 66.7 Å². The average Bonchev–Trinajstić information content (AvgIpc) is 3.06. The Morgan fingerprint density at radius 2 is 2.04 bits per heavy atom. The summed E-state index contributed by atoms with van der Waals surface area (Å²) in [7, 11) is 1.51. The van der Waals surface area contributed by atoms with Crippen LogP contribution in [0.5, 0.6) is 11.5 Å². The van der Waals surface area contributed by atoms with Crippen molar-refractivity contribution in [3.8, 4) is 22.8 Å². The number of methoxy groups -OCH3 is 1. The molecule has 1 heterocycles. The van der Waals surface area contributed by atoms with Gasteiger partial charge >= 0.3 is 0 Å². The second kappa shape index (κ2) is 6.93. The van der Waals surface area contributed by atoms with Gasteiger partial charge in [-0.1, -0.05) is 30.3 Å². The van der Waals surface area contributed by atoms with Gasteiger partial charge in [-0.05, 0) is 23.8 Å². The minimum atomic E-state index is 0.102. The number of anilines is 1. The molecule has 0 atom stereocenters. The van der Waals surface area contributed by atoms with E-state index in [9.17, 15) is 5.11 Å². The molecule has 23 heavy (non-hydrogen) atoms. The Labute approximate surface area is 137 Å². The SMILES string of the molecule is COc1cc(/C=N/Nc2nc(-c3ccccc3)cs2)ccc1O. The Morgan fingerprint density at radius 3 is 2.83 bits per heavy atom. The van der Waals surface area contributed by atoms with Crippen LogP contribution in [0, 0.1) is 0 Å². The van der Waals surface area contributed by atoms with E-state index in [1.807, 2.05) is 35.7 Å². The molecule has 1 aromatic heterocycles. The molecule has 0 spiro atoms. The summed E-state index contributed by atoms with van der Waals surface area (Å²) in [5, 5.41) is 16.4. The van der Waals surface area contributed by atoms with E-state index in [1.165, 1.54) is 18.4 Å². The van der Waals surface area contributed by atoms with Crippen molar-refractivity contribution in [1.29, 1.82) is 0 Å². The average molecular weight is 325 g/mol. The largest absolute Gasteiger partial charge is 0.504 e. The Hall–Kier alpha value is -2.86. The molecule has 0 saturated heterocycles. The lowest BCUT2D eigenvalue weighted by Gasteiger charge is -2.03. The van der Waals surface area contributed by atoms with E-state index in [-0.39, 0.29) is 5.75 Å². The van der Waals surface area contributed by atoms with Crippen LogP contribution >= 0.6 is 11.3 Å². The summed E-state index contributed by atoms with van der Waals surface area (Å²) in [6, 6.07) is 15.0. The number of hydrogen-bond donors (Lipinski definition) is 2. The van der Waals surface area contributed by atoms with Crippen molar-refractivity contribution in [3.63, 3.8) is 0 Å². The summed E-state index contributed by atoms with van der Waals surface area (Å²) in [5.74, 6) is 0.514. The van der Waals surface area contributed by atoms with E-state index in [0.717, 1.165) is 16.8 Å². The molecule has 0 radical (unpaired) electrons. The molecule has 0 bridgehead atoms. The molecule has 3 rings (SSSR count). The summed E-state index contributed by atoms with van der Waals surface area (Å²) in [5.41, 5.74) is 5.71. The lowest BCUT2D eigenvalue weighted by atomic mass is 10.2. The van der Waals surface area contributed by atoms with Crippen molar-refractivity contribution in [2.45, 2.75) is 0 Å². The fourth-order valence-electron chi connectivity index (χ4n) is 2.00. The highest BCUT2D eigenvalue weighted by Gasteiger charge is 2.03. The molecule has 0 amide bonds. The quantitative estimate of drug-likeness (QED) is 0.550. The number of ether oxygens (including phenoxy) is 1. The maximum atomic E-state index is 9.56. The molecule has 0 aliphatic carbocycles. The first-order valence-corrected chi connectivity index (χ1v) is 7.81. The minimum Gasteiger partial charge on any atom is -0.504 e. The first-order valence-electron chi connectivity index (χ1n) is 6.93. The minimum absolute atomic E-state index is 0.102. The number of aromatic hydroxyl groups is 1. The highest BCUT2D eigenvalue weighted by molar-refractivity contribution is 7.14. The first kappa shape index (κ1) is 15.1. The van der Waals surface area contributed by atoms with E-state index in [4.69, 9.17) is 4.74 Å². The Kier molecular flexibility index (Phi) is 4.54. The first-order chi connectivity index (χ1) is 11.3. The molecule has 5 nitrogen and oxygen atoms in total. The highest BCUT2D eigenvalue weighted by Crippen LogP contribution is 2.26. The van der Waals surface area contributed by atoms with E-state index in [2.05, 4.69) is 15.5 Å². The van der Waals surface area contributed by atoms with Gasteiger partial charge in [0.25, 0.3) is 0 Å². The summed E-state index contributed by atoms with van der Waals surface area (Å²) in [6.07, 6.45) is 1.64. The molecule has 0 fully saturated rings. The number of nitrogens with one attached hydrogen (secondary N) is 1. The number of nitrogens with zero attached hydrogens (tertiary/aromatic N) is 2. The van der Waals surface area contributed by atoms with Crippen molar-refractivity contribution in [2.75, 3.05) is 12.5 Å². The van der Waals surface area contributed by atoms with Crippen LogP contribution in [0.4, 0.5) is 5.13 Å². The summed E-state index contributed by atoms with van der Waals surface area (Å²) in [4.78, 5) is 4.49. The second-order valence-corrected chi connectivity index (χ2v) is 5.56. The molecule has 2 N–H and O–H groups in total. The lowest BCUT2D eigenvalue weighted by molar-refractivity contribution is 0.373. The molecule has 0 aliphatic rings. The molecule has 0 aliphatic heterocycles. The van der Waals surface area contributed by atoms with Gasteiger partial charge in [0.1, 0.15) is 0 Å². The molecular weight excluding hydrogens is 310 g/mol. The van der Waals surface area contributed by atoms with Gasteiger partial charge in [0, 0.05) is 10.9 Å². The molecular formula is C17H15N3O2S. The molecule has 2 aromatic carbocycles. The zero-order valence-electron chi connectivity index (χ0n) is 12.4. The van der Waals surface area contributed by atoms with Crippen molar-refractivity contribution < 1.29 is 9.84 Å². The number of aromatic nitrogens is 1. The summed E-state index contributed by atoms with van der Waals surface area (Å²) < 4.78 is 5.06. The predicted octanol–water partition coefficient (Wildman–Crippen LogP) is 3.97. The number of rotatable bonds is 5. The van der Waals surface area contributed by atoms with Gasteiger partial charge in [0.2, 0.25) is 5.13 Å². The third kappa shape index (κ3) is 3.67. The smallest absolute Gasteiger partial charge is 0.203 e. The Balaban J connectivity index is 1.68. The Morgan fingerprint density at radius 1 is 1.22 bits per heavy atom. The van der Waals surface area contributed by atoms with Crippen LogP contribution in [0.3, 0.4) is 0 Å². The third-order valence-corrected chi connectivity index (χ3v) is 3.90. The van der Waals surface area contributed by atoms with Crippen molar-refractivity contribution >= 4 is 22.7 Å². The van der Waals surface area contributed by atoms with E-state index >= 15 is 0 Å². The van der Waals surface area contributed by atoms with Gasteiger partial charge in [-0.2, -0.15) is 5.10 Å². The number of benzene rings is 2. The van der Waals surface area contributed by atoms with Gasteiger partial charge in [0.05, 0.1) is 19.0 Å². The summed E-state index contributed by atoms with van der Waals surface area (Å²) in [6.45, 7) is 0. The van der Waals surface area contributed by atoms with Crippen LogP contribution in [0.2, 0.25) is 0 Å². The van der Waals surface area contributed by atoms with Gasteiger partial charge in [0.15, 0.2) is 11.5 Å². The van der Waals surface area contributed by atoms with E-state index in [0.29, 0.717) is 10.9 Å². The van der Waals surface area contributed by atoms with Crippen molar-refractivity contribution in [3.05, 3.63) is 59.5 Å². The van der Waals surface area contributed by atoms with E-state index < -0.39 is 0 Å². The monoisotopic (exact) mass is 325 g/mol. The molecule has 0 unspecified atom stereocenters. The van der Waals surface area contributed by atoms with Gasteiger partial charge < -0.3 is 9.84 Å². The third-order valence-electron chi connectivity index (χ3n) is 3.15. The van der Waals surface area contributed by atoms with Crippen LogP contribution in [0.15, 0.2) is 59.0 Å². The van der Waals surface area contributed by atoms with Gasteiger partial charge in [-0.15, -0.1) is 11.3 Å². The number of hydrogen-bond acceptors (Lipinski definition) is 6. The standard InChI is InChI=1S/C17H15N3O2S/c1-22-16-9-12(7-8-15(16)21)10-18-20-17-19-14(11-23-17)13-5-3-2-4-6-13/h2-11,21H,1H3,(H,19,20)/b18-10+. The molecule has 6 heteroatoms. The maximum absolute atomic E-state index is 9.56. The molecule has 3 aromatic rings. The predicted molar refractivity (Wildman–Crippen MR) is 93.4 cm³/mol. The fourth-order valence-corrected chi connectivity index (χ4v) is 2.67.